The first kappa shape index (κ1) is 23.8. The Morgan fingerprint density at radius 2 is 1.77 bits per heavy atom. The molecule has 8 heteroatoms. The van der Waals surface area contributed by atoms with Crippen molar-refractivity contribution in [2.45, 2.75) is 25.4 Å². The lowest BCUT2D eigenvalue weighted by atomic mass is 10.0. The van der Waals surface area contributed by atoms with E-state index in [1.807, 2.05) is 28.9 Å². The highest BCUT2D eigenvalue weighted by Gasteiger charge is 2.41. The van der Waals surface area contributed by atoms with E-state index in [1.54, 1.807) is 24.5 Å². The molecule has 5 heterocycles. The van der Waals surface area contributed by atoms with Crippen molar-refractivity contribution in [3.8, 4) is 39.4 Å². The molecule has 2 bridgehead atoms. The number of hydrogen-bond donors (Lipinski definition) is 0. The Morgan fingerprint density at radius 1 is 0.923 bits per heavy atom. The van der Waals surface area contributed by atoms with Gasteiger partial charge >= 0.3 is 0 Å². The number of hydrogen-bond acceptors (Lipinski definition) is 6. The fourth-order valence-corrected chi connectivity index (χ4v) is 6.24. The summed E-state index contributed by atoms with van der Waals surface area (Å²) in [6.07, 6.45) is 6.54. The summed E-state index contributed by atoms with van der Waals surface area (Å²) in [7, 11) is 3.70. The second kappa shape index (κ2) is 9.17. The van der Waals surface area contributed by atoms with Crippen molar-refractivity contribution in [1.29, 1.82) is 0 Å². The molecule has 0 spiro atoms. The van der Waals surface area contributed by atoms with E-state index < -0.39 is 5.82 Å². The standard InChI is InChI=1S/C31H29FN6O/c1-19-14-22(37-18-23-16-24(37)17-36(23)2)5-6-25(19)27-10-13-34-31-29(21-4-7-26(32)28(15-21)39-3)30(35-38(27)31)20-8-11-33-12-9-20/h4-15,23-24H,16-18H2,1-3H3/t23-,24-/m1/s1. The maximum absolute atomic E-state index is 14.3. The number of pyridine rings is 1. The van der Waals surface area contributed by atoms with Crippen LogP contribution < -0.4 is 9.64 Å². The van der Waals surface area contributed by atoms with Crippen molar-refractivity contribution < 1.29 is 9.13 Å². The van der Waals surface area contributed by atoms with Crippen molar-refractivity contribution in [3.63, 3.8) is 0 Å². The van der Waals surface area contributed by atoms with E-state index in [9.17, 15) is 4.39 Å². The molecule has 2 atom stereocenters. The zero-order chi connectivity index (χ0) is 26.7. The first-order chi connectivity index (χ1) is 19.0. The minimum atomic E-state index is -0.412. The Hall–Kier alpha value is -4.30. The largest absolute Gasteiger partial charge is 0.494 e. The first-order valence-electron chi connectivity index (χ1n) is 13.2. The Bertz CT molecular complexity index is 1700. The number of piperazine rings is 1. The number of fused-ring (bicyclic) bond motifs is 3. The van der Waals surface area contributed by atoms with Crippen LogP contribution in [-0.4, -0.2) is 63.8 Å². The van der Waals surface area contributed by atoms with Crippen molar-refractivity contribution in [1.82, 2.24) is 24.5 Å². The highest BCUT2D eigenvalue weighted by molar-refractivity contribution is 5.91. The number of likely N-dealkylation sites (N-methyl/N-ethyl adjacent to an activating group) is 1. The Labute approximate surface area is 226 Å². The van der Waals surface area contributed by atoms with Crippen LogP contribution in [0.1, 0.15) is 12.0 Å². The van der Waals surface area contributed by atoms with E-state index in [2.05, 4.69) is 47.0 Å². The normalized spacial score (nSPS) is 18.8. The topological polar surface area (TPSA) is 58.8 Å². The molecule has 2 aliphatic rings. The molecule has 39 heavy (non-hydrogen) atoms. The number of aryl methyl sites for hydroxylation is 1. The quantitative estimate of drug-likeness (QED) is 0.306. The third-order valence-corrected chi connectivity index (χ3v) is 8.24. The van der Waals surface area contributed by atoms with Crippen LogP contribution >= 0.6 is 0 Å². The fourth-order valence-electron chi connectivity index (χ4n) is 6.24. The van der Waals surface area contributed by atoms with Gasteiger partial charge < -0.3 is 9.64 Å². The third kappa shape index (κ3) is 3.86. The minimum absolute atomic E-state index is 0.178. The average Bonchev–Trinajstić information content (AvgIpc) is 3.66. The van der Waals surface area contributed by atoms with Crippen LogP contribution in [0.5, 0.6) is 5.75 Å². The van der Waals surface area contributed by atoms with E-state index in [0.29, 0.717) is 17.7 Å². The summed E-state index contributed by atoms with van der Waals surface area (Å²) >= 11 is 0. The van der Waals surface area contributed by atoms with Gasteiger partial charge in [-0.25, -0.2) is 13.9 Å². The number of halogens is 1. The Balaban J connectivity index is 1.37. The van der Waals surface area contributed by atoms with Gasteiger partial charge in [0.1, 0.15) is 5.69 Å². The van der Waals surface area contributed by atoms with Crippen LogP contribution in [0.4, 0.5) is 10.1 Å². The van der Waals surface area contributed by atoms with E-state index in [0.717, 1.165) is 46.7 Å². The van der Waals surface area contributed by atoms with E-state index in [4.69, 9.17) is 14.8 Å². The number of rotatable bonds is 5. The van der Waals surface area contributed by atoms with Crippen LogP contribution in [0.25, 0.3) is 39.3 Å². The van der Waals surface area contributed by atoms with E-state index >= 15 is 0 Å². The molecule has 0 unspecified atom stereocenters. The number of benzene rings is 2. The molecular weight excluding hydrogens is 491 g/mol. The zero-order valence-electron chi connectivity index (χ0n) is 22.2. The SMILES string of the molecule is COc1cc(-c2c(-c3ccncc3)nn3c(-c4ccc(N5C[C@H]6C[C@@H]5CN6C)cc4C)ccnc23)ccc1F. The summed E-state index contributed by atoms with van der Waals surface area (Å²) in [5, 5.41) is 5.07. The highest BCUT2D eigenvalue weighted by atomic mass is 19.1. The van der Waals surface area contributed by atoms with Gasteiger partial charge in [-0.2, -0.15) is 5.10 Å². The Morgan fingerprint density at radius 3 is 2.49 bits per heavy atom. The predicted octanol–water partition coefficient (Wildman–Crippen LogP) is 5.47. The minimum Gasteiger partial charge on any atom is -0.494 e. The number of methoxy groups -OCH3 is 1. The van der Waals surface area contributed by atoms with Gasteiger partial charge in [-0.3, -0.25) is 9.88 Å². The molecule has 2 fully saturated rings. The molecule has 7 rings (SSSR count). The summed E-state index contributed by atoms with van der Waals surface area (Å²) in [5.41, 5.74) is 8.44. The van der Waals surface area contributed by atoms with E-state index in [1.165, 1.54) is 30.8 Å². The molecule has 0 saturated carbocycles. The predicted molar refractivity (Wildman–Crippen MR) is 151 cm³/mol. The second-order valence-electron chi connectivity index (χ2n) is 10.5. The second-order valence-corrected chi connectivity index (χ2v) is 10.5. The lowest BCUT2D eigenvalue weighted by Gasteiger charge is -2.34. The molecule has 196 valence electrons. The summed E-state index contributed by atoms with van der Waals surface area (Å²) in [4.78, 5) is 14.0. The van der Waals surface area contributed by atoms with Crippen molar-refractivity contribution >= 4 is 11.3 Å². The van der Waals surface area contributed by atoms with Gasteiger partial charge in [0.05, 0.1) is 18.4 Å². The molecule has 5 aromatic rings. The molecule has 0 amide bonds. The lowest BCUT2D eigenvalue weighted by molar-refractivity contribution is 0.292. The van der Waals surface area contributed by atoms with Gasteiger partial charge in [0.2, 0.25) is 0 Å². The molecule has 7 nitrogen and oxygen atoms in total. The van der Waals surface area contributed by atoms with Crippen LogP contribution in [0.3, 0.4) is 0 Å². The smallest absolute Gasteiger partial charge is 0.165 e. The van der Waals surface area contributed by atoms with Crippen molar-refractivity contribution in [3.05, 3.63) is 84.6 Å². The fraction of sp³-hybridized carbons (Fsp3) is 0.258. The van der Waals surface area contributed by atoms with Gasteiger partial charge in [-0.1, -0.05) is 12.1 Å². The number of anilines is 1. The molecule has 0 radical (unpaired) electrons. The summed E-state index contributed by atoms with van der Waals surface area (Å²) in [6.45, 7) is 4.36. The van der Waals surface area contributed by atoms with Crippen LogP contribution in [0.15, 0.2) is 73.2 Å². The number of likely N-dealkylation sites (tertiary alicyclic amines) is 1. The maximum atomic E-state index is 14.3. The van der Waals surface area contributed by atoms with Gasteiger partial charge in [-0.05, 0) is 74.0 Å². The van der Waals surface area contributed by atoms with Gasteiger partial charge in [0, 0.05) is 60.6 Å². The monoisotopic (exact) mass is 520 g/mol. The molecule has 2 saturated heterocycles. The van der Waals surface area contributed by atoms with Gasteiger partial charge in [0.15, 0.2) is 17.2 Å². The van der Waals surface area contributed by atoms with Crippen LogP contribution in [0, 0.1) is 12.7 Å². The summed E-state index contributed by atoms with van der Waals surface area (Å²) < 4.78 is 21.5. The molecule has 0 aliphatic carbocycles. The average molecular weight is 521 g/mol. The third-order valence-electron chi connectivity index (χ3n) is 8.24. The summed E-state index contributed by atoms with van der Waals surface area (Å²) in [5.74, 6) is -0.234. The molecular formula is C31H29FN6O. The number of ether oxygens (including phenoxy) is 1. The lowest BCUT2D eigenvalue weighted by Crippen LogP contribution is -2.44. The number of nitrogens with zero attached hydrogens (tertiary/aromatic N) is 6. The van der Waals surface area contributed by atoms with Gasteiger partial charge in [-0.15, -0.1) is 0 Å². The molecule has 2 aromatic carbocycles. The highest BCUT2D eigenvalue weighted by Crippen LogP contribution is 2.39. The molecule has 0 N–H and O–H groups in total. The van der Waals surface area contributed by atoms with Crippen LogP contribution in [-0.2, 0) is 0 Å². The van der Waals surface area contributed by atoms with Crippen molar-refractivity contribution in [2.75, 3.05) is 32.1 Å². The molecule has 2 aliphatic heterocycles. The van der Waals surface area contributed by atoms with Crippen molar-refractivity contribution in [2.24, 2.45) is 0 Å². The van der Waals surface area contributed by atoms with E-state index in [-0.39, 0.29) is 5.75 Å². The number of aromatic nitrogens is 4. The zero-order valence-corrected chi connectivity index (χ0v) is 22.2. The van der Waals surface area contributed by atoms with Gasteiger partial charge in [0.25, 0.3) is 0 Å². The maximum Gasteiger partial charge on any atom is 0.165 e. The summed E-state index contributed by atoms with van der Waals surface area (Å²) in [6, 6.07) is 18.7. The van der Waals surface area contributed by atoms with Crippen LogP contribution in [0.2, 0.25) is 0 Å². The first-order valence-corrected chi connectivity index (χ1v) is 13.2. The Kier molecular flexibility index (Phi) is 5.59. The molecule has 3 aromatic heterocycles.